The third-order valence-corrected chi connectivity index (χ3v) is 6.59. The molecule has 0 spiro atoms. The molecule has 0 aromatic rings. The number of ketones is 1. The summed E-state index contributed by atoms with van der Waals surface area (Å²) in [5, 5.41) is 0. The maximum absolute atomic E-state index is 12.6. The Bertz CT molecular complexity index is 346. The molecule has 0 atom stereocenters. The van der Waals surface area contributed by atoms with Crippen molar-refractivity contribution < 1.29 is 9.53 Å². The van der Waals surface area contributed by atoms with E-state index >= 15 is 0 Å². The molecule has 1 heterocycles. The van der Waals surface area contributed by atoms with Crippen molar-refractivity contribution in [3.8, 4) is 0 Å². The first kappa shape index (κ1) is 13.3. The molecule has 1 saturated heterocycles. The number of ether oxygens (including phenoxy) is 1. The Morgan fingerprint density at radius 2 is 1.50 bits per heavy atom. The molecule has 0 aromatic heterocycles. The van der Waals surface area contributed by atoms with E-state index in [1.165, 1.54) is 38.5 Å². The lowest BCUT2D eigenvalue weighted by Gasteiger charge is -2.56. The predicted molar refractivity (Wildman–Crippen MR) is 78.4 cm³/mol. The second kappa shape index (κ2) is 5.12. The fraction of sp³-hybridized carbons (Fsp3) is 0.944. The molecule has 0 aromatic carbocycles. The van der Waals surface area contributed by atoms with Crippen LogP contribution in [0.25, 0.3) is 0 Å². The number of carbonyl (C=O) groups is 1. The largest absolute Gasteiger partial charge is 0.381 e. The van der Waals surface area contributed by atoms with Crippen LogP contribution in [0.15, 0.2) is 0 Å². The molecule has 4 saturated carbocycles. The van der Waals surface area contributed by atoms with Gasteiger partial charge in [-0.25, -0.2) is 0 Å². The van der Waals surface area contributed by atoms with Gasteiger partial charge in [0.05, 0.1) is 0 Å². The van der Waals surface area contributed by atoms with Crippen LogP contribution in [0, 0.1) is 29.1 Å². The smallest absolute Gasteiger partial charge is 0.133 e. The second-order valence-electron chi connectivity index (χ2n) is 8.39. The number of hydrogen-bond acceptors (Lipinski definition) is 2. The number of Topliss-reactive ketones (excluding diaryl/α,β-unsaturated/α-hetero) is 1. The molecule has 0 amide bonds. The first-order chi connectivity index (χ1) is 9.71. The van der Waals surface area contributed by atoms with Gasteiger partial charge in [0.15, 0.2) is 0 Å². The zero-order valence-corrected chi connectivity index (χ0v) is 12.6. The molecule has 0 N–H and O–H groups in total. The van der Waals surface area contributed by atoms with Crippen molar-refractivity contribution in [1.29, 1.82) is 0 Å². The second-order valence-corrected chi connectivity index (χ2v) is 8.39. The first-order valence-corrected chi connectivity index (χ1v) is 8.80. The molecule has 2 nitrogen and oxygen atoms in total. The Morgan fingerprint density at radius 1 is 0.950 bits per heavy atom. The van der Waals surface area contributed by atoms with Gasteiger partial charge in [0.25, 0.3) is 0 Å². The molecule has 4 aliphatic carbocycles. The minimum absolute atomic E-state index is 0.441. The summed E-state index contributed by atoms with van der Waals surface area (Å²) in [6, 6.07) is 0. The van der Waals surface area contributed by atoms with Crippen molar-refractivity contribution in [2.24, 2.45) is 29.1 Å². The molecule has 1 aliphatic heterocycles. The standard InChI is InChI=1S/C18H28O2/c19-17(8-13-1-3-20-4-2-13)12-18-9-14-5-15(10-18)7-16(6-14)11-18/h13-16H,1-12H2. The summed E-state index contributed by atoms with van der Waals surface area (Å²) in [5.74, 6) is 4.09. The topological polar surface area (TPSA) is 26.3 Å². The fourth-order valence-corrected chi connectivity index (χ4v) is 6.27. The highest BCUT2D eigenvalue weighted by Gasteiger charge is 2.51. The van der Waals surface area contributed by atoms with Crippen molar-refractivity contribution in [3.05, 3.63) is 0 Å². The molecule has 5 rings (SSSR count). The highest BCUT2D eigenvalue weighted by atomic mass is 16.5. The fourth-order valence-electron chi connectivity index (χ4n) is 6.27. The average Bonchev–Trinajstić information content (AvgIpc) is 2.37. The lowest BCUT2D eigenvalue weighted by Crippen LogP contribution is -2.47. The third kappa shape index (κ3) is 2.56. The molecule has 5 aliphatic rings. The van der Waals surface area contributed by atoms with E-state index in [4.69, 9.17) is 4.74 Å². The molecular formula is C18H28O2. The molecule has 2 heteroatoms. The van der Waals surface area contributed by atoms with E-state index in [1.54, 1.807) is 0 Å². The Hall–Kier alpha value is -0.370. The lowest BCUT2D eigenvalue weighted by molar-refractivity contribution is -0.128. The zero-order valence-electron chi connectivity index (χ0n) is 12.6. The van der Waals surface area contributed by atoms with Gasteiger partial charge in [0, 0.05) is 26.1 Å². The van der Waals surface area contributed by atoms with Gasteiger partial charge < -0.3 is 4.74 Å². The maximum Gasteiger partial charge on any atom is 0.133 e. The van der Waals surface area contributed by atoms with Crippen LogP contribution in [0.2, 0.25) is 0 Å². The summed E-state index contributed by atoms with van der Waals surface area (Å²) in [5.41, 5.74) is 0.441. The van der Waals surface area contributed by atoms with E-state index in [2.05, 4.69) is 0 Å². The Balaban J connectivity index is 1.37. The van der Waals surface area contributed by atoms with Gasteiger partial charge in [-0.05, 0) is 80.5 Å². The van der Waals surface area contributed by atoms with Crippen LogP contribution in [0.3, 0.4) is 0 Å². The summed E-state index contributed by atoms with van der Waals surface area (Å²) in [4.78, 5) is 12.6. The zero-order chi connectivity index (χ0) is 13.6. The highest BCUT2D eigenvalue weighted by Crippen LogP contribution is 2.61. The SMILES string of the molecule is O=C(CC1CCOCC1)CC12CC3CC(CC(C3)C1)C2. The Morgan fingerprint density at radius 3 is 2.05 bits per heavy atom. The average molecular weight is 276 g/mol. The first-order valence-electron chi connectivity index (χ1n) is 8.80. The molecule has 0 unspecified atom stereocenters. The summed E-state index contributed by atoms with van der Waals surface area (Å²) in [6.45, 7) is 1.74. The minimum Gasteiger partial charge on any atom is -0.381 e. The van der Waals surface area contributed by atoms with E-state index in [0.29, 0.717) is 17.1 Å². The van der Waals surface area contributed by atoms with Gasteiger partial charge in [-0.2, -0.15) is 0 Å². The van der Waals surface area contributed by atoms with Crippen LogP contribution < -0.4 is 0 Å². The minimum atomic E-state index is 0.441. The van der Waals surface area contributed by atoms with E-state index in [0.717, 1.165) is 56.7 Å². The van der Waals surface area contributed by atoms with Crippen LogP contribution in [-0.4, -0.2) is 19.0 Å². The molecule has 112 valence electrons. The number of rotatable bonds is 4. The Labute approximate surface area is 122 Å². The quantitative estimate of drug-likeness (QED) is 0.776. The van der Waals surface area contributed by atoms with Gasteiger partial charge in [-0.3, -0.25) is 4.79 Å². The highest BCUT2D eigenvalue weighted by molar-refractivity contribution is 5.79. The van der Waals surface area contributed by atoms with Crippen molar-refractivity contribution in [1.82, 2.24) is 0 Å². The van der Waals surface area contributed by atoms with Crippen molar-refractivity contribution in [3.63, 3.8) is 0 Å². The lowest BCUT2D eigenvalue weighted by atomic mass is 9.48. The van der Waals surface area contributed by atoms with Crippen LogP contribution in [0.4, 0.5) is 0 Å². The maximum atomic E-state index is 12.6. The normalized spacial score (nSPS) is 43.9. The summed E-state index contributed by atoms with van der Waals surface area (Å²) in [7, 11) is 0. The van der Waals surface area contributed by atoms with Gasteiger partial charge in [0.2, 0.25) is 0 Å². The van der Waals surface area contributed by atoms with Crippen LogP contribution >= 0.6 is 0 Å². The van der Waals surface area contributed by atoms with Crippen molar-refractivity contribution in [2.45, 2.75) is 64.2 Å². The van der Waals surface area contributed by atoms with E-state index in [9.17, 15) is 4.79 Å². The van der Waals surface area contributed by atoms with Crippen LogP contribution in [-0.2, 0) is 9.53 Å². The van der Waals surface area contributed by atoms with Gasteiger partial charge in [-0.1, -0.05) is 0 Å². The Kier molecular flexibility index (Phi) is 3.41. The number of hydrogen-bond donors (Lipinski definition) is 0. The van der Waals surface area contributed by atoms with E-state index in [1.807, 2.05) is 0 Å². The molecule has 4 bridgehead atoms. The van der Waals surface area contributed by atoms with Crippen molar-refractivity contribution in [2.75, 3.05) is 13.2 Å². The molecule has 20 heavy (non-hydrogen) atoms. The summed E-state index contributed by atoms with van der Waals surface area (Å²) in [6.07, 6.45) is 12.5. The molecular weight excluding hydrogens is 248 g/mol. The monoisotopic (exact) mass is 276 g/mol. The van der Waals surface area contributed by atoms with E-state index in [-0.39, 0.29) is 0 Å². The number of carbonyl (C=O) groups excluding carboxylic acids is 1. The van der Waals surface area contributed by atoms with Gasteiger partial charge in [-0.15, -0.1) is 0 Å². The summed E-state index contributed by atoms with van der Waals surface area (Å²) >= 11 is 0. The summed E-state index contributed by atoms with van der Waals surface area (Å²) < 4.78 is 5.40. The van der Waals surface area contributed by atoms with Gasteiger partial charge >= 0.3 is 0 Å². The predicted octanol–water partition coefficient (Wildman–Crippen LogP) is 3.98. The van der Waals surface area contributed by atoms with E-state index < -0.39 is 0 Å². The van der Waals surface area contributed by atoms with Gasteiger partial charge in [0.1, 0.15) is 5.78 Å². The molecule has 0 radical (unpaired) electrons. The van der Waals surface area contributed by atoms with Crippen molar-refractivity contribution >= 4 is 5.78 Å². The van der Waals surface area contributed by atoms with Crippen LogP contribution in [0.5, 0.6) is 0 Å². The van der Waals surface area contributed by atoms with Crippen LogP contribution in [0.1, 0.15) is 64.2 Å². The third-order valence-electron chi connectivity index (χ3n) is 6.59. The molecule has 5 fully saturated rings.